The number of fused-ring (bicyclic) bond motifs is 1. The van der Waals surface area contributed by atoms with Gasteiger partial charge in [0.25, 0.3) is 0 Å². The van der Waals surface area contributed by atoms with Crippen LogP contribution in [0, 0.1) is 5.92 Å². The van der Waals surface area contributed by atoms with Crippen molar-refractivity contribution >= 4 is 10.9 Å². The normalized spacial score (nSPS) is 19.9. The molecule has 0 aliphatic heterocycles. The van der Waals surface area contributed by atoms with Gasteiger partial charge in [0.2, 0.25) is 0 Å². The number of H-pyrrole nitrogens is 1. The average molecular weight is 216 g/mol. The molecule has 0 amide bonds. The van der Waals surface area contributed by atoms with Crippen molar-refractivity contribution in [3.63, 3.8) is 0 Å². The fraction of sp³-hybridized carbons (Fsp3) is 0.385. The van der Waals surface area contributed by atoms with Crippen LogP contribution in [0.15, 0.2) is 30.5 Å². The molecule has 1 aromatic carbocycles. The van der Waals surface area contributed by atoms with Gasteiger partial charge in [0, 0.05) is 17.1 Å². The fourth-order valence-electron chi connectivity index (χ4n) is 2.32. The number of aromatic amines is 1. The third kappa shape index (κ3) is 1.52. The molecule has 16 heavy (non-hydrogen) atoms. The molecule has 1 aliphatic rings. The minimum absolute atomic E-state index is 0.271. The van der Waals surface area contributed by atoms with Gasteiger partial charge in [-0.1, -0.05) is 12.1 Å². The quantitative estimate of drug-likeness (QED) is 0.734. The van der Waals surface area contributed by atoms with Crippen molar-refractivity contribution in [1.82, 2.24) is 4.98 Å². The first kappa shape index (κ1) is 9.87. The van der Waals surface area contributed by atoms with E-state index in [4.69, 9.17) is 5.73 Å². The van der Waals surface area contributed by atoms with Gasteiger partial charge in [0.05, 0.1) is 12.1 Å². The van der Waals surface area contributed by atoms with Crippen molar-refractivity contribution in [2.45, 2.75) is 25.0 Å². The molecule has 1 aliphatic carbocycles. The Morgan fingerprint density at radius 3 is 2.88 bits per heavy atom. The van der Waals surface area contributed by atoms with Crippen LogP contribution in [0.3, 0.4) is 0 Å². The van der Waals surface area contributed by atoms with Crippen LogP contribution >= 0.6 is 0 Å². The summed E-state index contributed by atoms with van der Waals surface area (Å²) >= 11 is 0. The number of nitrogens with two attached hydrogens (primary N) is 1. The fourth-order valence-corrected chi connectivity index (χ4v) is 2.32. The van der Waals surface area contributed by atoms with E-state index >= 15 is 0 Å². The zero-order valence-electron chi connectivity index (χ0n) is 9.06. The van der Waals surface area contributed by atoms with Crippen molar-refractivity contribution in [1.29, 1.82) is 0 Å². The molecule has 0 spiro atoms. The first-order chi connectivity index (χ1) is 7.77. The maximum absolute atomic E-state index is 10.1. The van der Waals surface area contributed by atoms with E-state index in [-0.39, 0.29) is 6.04 Å². The van der Waals surface area contributed by atoms with Crippen LogP contribution in [0.25, 0.3) is 10.9 Å². The molecule has 1 heterocycles. The standard InChI is InChI=1S/C13H16N2O/c14-12(13(16)8-4-5-8)10-2-1-3-11-9(10)6-7-15-11/h1-3,6-8,12-13,15-16H,4-5,14H2/t12-,13+/m1/s1. The number of hydrogen-bond donors (Lipinski definition) is 3. The first-order valence-corrected chi connectivity index (χ1v) is 5.77. The maximum Gasteiger partial charge on any atom is 0.0761 e. The Balaban J connectivity index is 2.00. The highest BCUT2D eigenvalue weighted by Crippen LogP contribution is 2.38. The van der Waals surface area contributed by atoms with Crippen molar-refractivity contribution in [2.24, 2.45) is 11.7 Å². The second kappa shape index (κ2) is 3.61. The molecule has 2 atom stereocenters. The van der Waals surface area contributed by atoms with Gasteiger partial charge in [-0.05, 0) is 36.5 Å². The molecular formula is C13H16N2O. The summed E-state index contributed by atoms with van der Waals surface area (Å²) in [6, 6.07) is 7.76. The van der Waals surface area contributed by atoms with Crippen LogP contribution in [0.2, 0.25) is 0 Å². The molecule has 1 fully saturated rings. The lowest BCUT2D eigenvalue weighted by atomic mass is 9.96. The van der Waals surface area contributed by atoms with Crippen molar-refractivity contribution < 1.29 is 5.11 Å². The minimum Gasteiger partial charge on any atom is -0.391 e. The zero-order valence-corrected chi connectivity index (χ0v) is 9.06. The van der Waals surface area contributed by atoms with E-state index in [1.165, 1.54) is 0 Å². The molecule has 1 saturated carbocycles. The highest BCUT2D eigenvalue weighted by molar-refractivity contribution is 5.83. The smallest absolute Gasteiger partial charge is 0.0761 e. The monoisotopic (exact) mass is 216 g/mol. The Kier molecular flexibility index (Phi) is 2.23. The van der Waals surface area contributed by atoms with Gasteiger partial charge in [-0.15, -0.1) is 0 Å². The molecule has 0 saturated heterocycles. The predicted molar refractivity (Wildman–Crippen MR) is 64.0 cm³/mol. The number of hydrogen-bond acceptors (Lipinski definition) is 2. The molecule has 4 N–H and O–H groups in total. The van der Waals surface area contributed by atoms with E-state index in [0.717, 1.165) is 29.3 Å². The molecule has 0 unspecified atom stereocenters. The predicted octanol–water partition coefficient (Wildman–Crippen LogP) is 1.94. The summed E-state index contributed by atoms with van der Waals surface area (Å²) in [7, 11) is 0. The van der Waals surface area contributed by atoms with Gasteiger partial charge in [-0.25, -0.2) is 0 Å². The van der Waals surface area contributed by atoms with Gasteiger partial charge in [-0.2, -0.15) is 0 Å². The van der Waals surface area contributed by atoms with Crippen molar-refractivity contribution in [3.8, 4) is 0 Å². The molecule has 3 rings (SSSR count). The lowest BCUT2D eigenvalue weighted by Gasteiger charge is -2.19. The second-order valence-electron chi connectivity index (χ2n) is 4.64. The molecule has 0 radical (unpaired) electrons. The molecule has 1 aromatic heterocycles. The number of aliphatic hydroxyl groups excluding tert-OH is 1. The summed E-state index contributed by atoms with van der Waals surface area (Å²) < 4.78 is 0. The van der Waals surface area contributed by atoms with Gasteiger partial charge < -0.3 is 15.8 Å². The highest BCUT2D eigenvalue weighted by Gasteiger charge is 2.34. The van der Waals surface area contributed by atoms with Crippen LogP contribution in [-0.4, -0.2) is 16.2 Å². The van der Waals surface area contributed by atoms with Crippen LogP contribution in [0.1, 0.15) is 24.4 Å². The molecule has 0 bridgehead atoms. The summed E-state index contributed by atoms with van der Waals surface area (Å²) in [4.78, 5) is 3.16. The van der Waals surface area contributed by atoms with Crippen LogP contribution < -0.4 is 5.73 Å². The minimum atomic E-state index is -0.402. The van der Waals surface area contributed by atoms with E-state index < -0.39 is 6.10 Å². The summed E-state index contributed by atoms with van der Waals surface area (Å²) in [5, 5.41) is 11.2. The Morgan fingerprint density at radius 2 is 2.12 bits per heavy atom. The third-order valence-electron chi connectivity index (χ3n) is 3.46. The number of nitrogens with one attached hydrogen (secondary N) is 1. The summed E-state index contributed by atoms with van der Waals surface area (Å²) in [5.74, 6) is 0.407. The van der Waals surface area contributed by atoms with E-state index in [0.29, 0.717) is 5.92 Å². The second-order valence-corrected chi connectivity index (χ2v) is 4.64. The lowest BCUT2D eigenvalue weighted by molar-refractivity contribution is 0.123. The topological polar surface area (TPSA) is 62.0 Å². The highest BCUT2D eigenvalue weighted by atomic mass is 16.3. The third-order valence-corrected chi connectivity index (χ3v) is 3.46. The summed E-state index contributed by atoms with van der Waals surface area (Å²) in [6.45, 7) is 0. The van der Waals surface area contributed by atoms with Gasteiger partial charge in [0.15, 0.2) is 0 Å². The van der Waals surface area contributed by atoms with E-state index in [1.54, 1.807) is 0 Å². The summed E-state index contributed by atoms with van der Waals surface area (Å²) in [5.41, 5.74) is 8.26. The summed E-state index contributed by atoms with van der Waals surface area (Å²) in [6.07, 6.45) is 3.72. The van der Waals surface area contributed by atoms with Crippen molar-refractivity contribution in [3.05, 3.63) is 36.0 Å². The average Bonchev–Trinajstić information content (AvgIpc) is 3.04. The zero-order chi connectivity index (χ0) is 11.1. The Labute approximate surface area is 94.3 Å². The van der Waals surface area contributed by atoms with E-state index in [9.17, 15) is 5.11 Å². The van der Waals surface area contributed by atoms with Crippen LogP contribution in [-0.2, 0) is 0 Å². The Bertz CT molecular complexity index is 501. The van der Waals surface area contributed by atoms with Gasteiger partial charge in [0.1, 0.15) is 0 Å². The maximum atomic E-state index is 10.1. The van der Waals surface area contributed by atoms with Gasteiger partial charge in [-0.3, -0.25) is 0 Å². The SMILES string of the molecule is N[C@H](c1cccc2[nH]ccc12)[C@@H](O)C1CC1. The number of benzene rings is 1. The van der Waals surface area contributed by atoms with E-state index in [1.807, 2.05) is 30.5 Å². The Hall–Kier alpha value is -1.32. The number of aliphatic hydroxyl groups is 1. The largest absolute Gasteiger partial charge is 0.391 e. The van der Waals surface area contributed by atoms with Gasteiger partial charge >= 0.3 is 0 Å². The van der Waals surface area contributed by atoms with Crippen LogP contribution in [0.5, 0.6) is 0 Å². The molecule has 2 aromatic rings. The molecule has 3 nitrogen and oxygen atoms in total. The molecular weight excluding hydrogens is 200 g/mol. The first-order valence-electron chi connectivity index (χ1n) is 5.77. The van der Waals surface area contributed by atoms with E-state index in [2.05, 4.69) is 4.98 Å². The Morgan fingerprint density at radius 1 is 1.31 bits per heavy atom. The molecule has 3 heteroatoms. The number of rotatable bonds is 3. The van der Waals surface area contributed by atoms with Crippen LogP contribution in [0.4, 0.5) is 0 Å². The number of aromatic nitrogens is 1. The van der Waals surface area contributed by atoms with Crippen molar-refractivity contribution in [2.75, 3.05) is 0 Å². The lowest BCUT2D eigenvalue weighted by Crippen LogP contribution is -2.27. The molecule has 84 valence electrons.